The zero-order valence-electron chi connectivity index (χ0n) is 13.1. The first-order chi connectivity index (χ1) is 9.47. The summed E-state index contributed by atoms with van der Waals surface area (Å²) in [5.74, 6) is 0.933. The highest BCUT2D eigenvalue weighted by Gasteiger charge is 2.19. The lowest BCUT2D eigenvalue weighted by Gasteiger charge is -2.21. The molecule has 1 unspecified atom stereocenters. The van der Waals surface area contributed by atoms with Crippen molar-refractivity contribution in [3.8, 4) is 5.75 Å². The van der Waals surface area contributed by atoms with E-state index in [-0.39, 0.29) is 6.04 Å². The van der Waals surface area contributed by atoms with E-state index >= 15 is 0 Å². The molecular weight excluding hydrogens is 250 g/mol. The first kappa shape index (κ1) is 14.6. The molecule has 1 atom stereocenters. The Labute approximate surface area is 120 Å². The van der Waals surface area contributed by atoms with E-state index in [0.717, 1.165) is 22.7 Å². The maximum absolute atomic E-state index is 5.39. The van der Waals surface area contributed by atoms with Crippen molar-refractivity contribution in [2.45, 2.75) is 26.8 Å². The highest BCUT2D eigenvalue weighted by atomic mass is 16.5. The summed E-state index contributed by atoms with van der Waals surface area (Å²) in [6.07, 6.45) is 0. The lowest BCUT2D eigenvalue weighted by Crippen LogP contribution is -2.21. The molecule has 0 saturated heterocycles. The van der Waals surface area contributed by atoms with Crippen LogP contribution in [0.2, 0.25) is 0 Å². The van der Waals surface area contributed by atoms with Gasteiger partial charge in [-0.05, 0) is 56.6 Å². The Hall–Kier alpha value is -1.81. The van der Waals surface area contributed by atoms with Gasteiger partial charge in [-0.25, -0.2) is 0 Å². The third-order valence-corrected chi connectivity index (χ3v) is 3.72. The molecule has 0 aliphatic rings. The third kappa shape index (κ3) is 2.56. The Morgan fingerprint density at radius 3 is 2.35 bits per heavy atom. The van der Waals surface area contributed by atoms with Crippen molar-refractivity contribution in [3.05, 3.63) is 46.3 Å². The van der Waals surface area contributed by atoms with E-state index in [1.165, 1.54) is 11.1 Å². The van der Waals surface area contributed by atoms with Crippen LogP contribution in [-0.4, -0.2) is 23.9 Å². The van der Waals surface area contributed by atoms with Crippen LogP contribution in [0.4, 0.5) is 0 Å². The number of aryl methyl sites for hydroxylation is 4. The normalized spacial score (nSPS) is 12.5. The first-order valence-corrected chi connectivity index (χ1v) is 6.80. The summed E-state index contributed by atoms with van der Waals surface area (Å²) in [5, 5.41) is 7.84. The average molecular weight is 273 g/mol. The molecule has 0 amide bonds. The molecule has 0 aliphatic carbocycles. The second-order valence-corrected chi connectivity index (χ2v) is 5.23. The molecule has 4 heteroatoms. The van der Waals surface area contributed by atoms with Crippen LogP contribution in [0.1, 0.15) is 34.1 Å². The topological polar surface area (TPSA) is 39.1 Å². The first-order valence-electron chi connectivity index (χ1n) is 6.80. The maximum atomic E-state index is 5.39. The largest absolute Gasteiger partial charge is 0.496 e. The number of aromatic nitrogens is 2. The number of ether oxygens (including phenoxy) is 1. The second kappa shape index (κ2) is 5.67. The van der Waals surface area contributed by atoms with Gasteiger partial charge in [-0.1, -0.05) is 6.07 Å². The minimum Gasteiger partial charge on any atom is -0.496 e. The molecule has 0 spiro atoms. The van der Waals surface area contributed by atoms with Gasteiger partial charge < -0.3 is 10.1 Å². The zero-order chi connectivity index (χ0) is 14.9. The van der Waals surface area contributed by atoms with Gasteiger partial charge in [0.15, 0.2) is 0 Å². The Balaban J connectivity index is 2.52. The van der Waals surface area contributed by atoms with Crippen molar-refractivity contribution in [3.63, 3.8) is 0 Å². The number of methoxy groups -OCH3 is 1. The van der Waals surface area contributed by atoms with E-state index in [0.29, 0.717) is 0 Å². The van der Waals surface area contributed by atoms with Gasteiger partial charge in [-0.15, -0.1) is 0 Å². The molecule has 2 rings (SSSR count). The molecule has 1 aromatic carbocycles. The summed E-state index contributed by atoms with van der Waals surface area (Å²) in [4.78, 5) is 0. The van der Waals surface area contributed by atoms with Crippen molar-refractivity contribution in [2.75, 3.05) is 14.2 Å². The Morgan fingerprint density at radius 2 is 1.85 bits per heavy atom. The van der Waals surface area contributed by atoms with Gasteiger partial charge in [0, 0.05) is 7.05 Å². The maximum Gasteiger partial charge on any atom is 0.122 e. The lowest BCUT2D eigenvalue weighted by molar-refractivity contribution is 0.411. The SMILES string of the molecule is CNC(c1cc(C)c(OC)cc1C)c1cc(C)nn1C. The average Bonchev–Trinajstić information content (AvgIpc) is 2.73. The minimum absolute atomic E-state index is 0.130. The molecule has 108 valence electrons. The van der Waals surface area contributed by atoms with E-state index in [1.807, 2.05) is 25.7 Å². The van der Waals surface area contributed by atoms with E-state index in [2.05, 4.69) is 42.5 Å². The number of rotatable bonds is 4. The molecule has 4 nitrogen and oxygen atoms in total. The van der Waals surface area contributed by atoms with Crippen LogP contribution in [0.3, 0.4) is 0 Å². The van der Waals surface area contributed by atoms with Gasteiger partial charge in [0.1, 0.15) is 5.75 Å². The van der Waals surface area contributed by atoms with Crippen molar-refractivity contribution >= 4 is 0 Å². The number of nitrogens with zero attached hydrogens (tertiary/aromatic N) is 2. The molecule has 1 heterocycles. The summed E-state index contributed by atoms with van der Waals surface area (Å²) in [5.41, 5.74) is 5.81. The molecule has 1 N–H and O–H groups in total. The van der Waals surface area contributed by atoms with Crippen LogP contribution in [-0.2, 0) is 7.05 Å². The Bertz CT molecular complexity index is 616. The highest BCUT2D eigenvalue weighted by molar-refractivity contribution is 5.45. The molecular formula is C16H23N3O. The molecule has 1 aromatic heterocycles. The smallest absolute Gasteiger partial charge is 0.122 e. The molecule has 0 bridgehead atoms. The molecule has 0 saturated carbocycles. The van der Waals surface area contributed by atoms with Crippen molar-refractivity contribution in [1.29, 1.82) is 0 Å². The monoisotopic (exact) mass is 273 g/mol. The van der Waals surface area contributed by atoms with E-state index in [4.69, 9.17) is 4.74 Å². The molecule has 20 heavy (non-hydrogen) atoms. The van der Waals surface area contributed by atoms with Crippen LogP contribution in [0.25, 0.3) is 0 Å². The van der Waals surface area contributed by atoms with E-state index in [9.17, 15) is 0 Å². The summed E-state index contributed by atoms with van der Waals surface area (Å²) in [6.45, 7) is 6.20. The number of hydrogen-bond donors (Lipinski definition) is 1. The van der Waals surface area contributed by atoms with Crippen molar-refractivity contribution in [1.82, 2.24) is 15.1 Å². The van der Waals surface area contributed by atoms with Crippen LogP contribution >= 0.6 is 0 Å². The summed E-state index contributed by atoms with van der Waals surface area (Å²) < 4.78 is 7.33. The van der Waals surface area contributed by atoms with Crippen LogP contribution in [0.5, 0.6) is 5.75 Å². The molecule has 0 radical (unpaired) electrons. The molecule has 0 fully saturated rings. The van der Waals surface area contributed by atoms with Gasteiger partial charge in [0.25, 0.3) is 0 Å². The van der Waals surface area contributed by atoms with Crippen molar-refractivity contribution in [2.24, 2.45) is 7.05 Å². The Morgan fingerprint density at radius 1 is 1.15 bits per heavy atom. The van der Waals surface area contributed by atoms with Gasteiger partial charge >= 0.3 is 0 Å². The van der Waals surface area contributed by atoms with Crippen LogP contribution in [0.15, 0.2) is 18.2 Å². The fraction of sp³-hybridized carbons (Fsp3) is 0.438. The quantitative estimate of drug-likeness (QED) is 0.931. The number of nitrogens with one attached hydrogen (secondary N) is 1. The second-order valence-electron chi connectivity index (χ2n) is 5.23. The predicted octanol–water partition coefficient (Wildman–Crippen LogP) is 2.66. The fourth-order valence-corrected chi connectivity index (χ4v) is 2.71. The fourth-order valence-electron chi connectivity index (χ4n) is 2.71. The van der Waals surface area contributed by atoms with Gasteiger partial charge in [0.05, 0.1) is 24.5 Å². The van der Waals surface area contributed by atoms with Crippen LogP contribution in [0, 0.1) is 20.8 Å². The summed E-state index contributed by atoms with van der Waals surface area (Å²) in [7, 11) is 5.67. The lowest BCUT2D eigenvalue weighted by atomic mass is 9.96. The van der Waals surface area contributed by atoms with Gasteiger partial charge in [-0.3, -0.25) is 4.68 Å². The molecule has 0 aliphatic heterocycles. The van der Waals surface area contributed by atoms with Gasteiger partial charge in [0.2, 0.25) is 0 Å². The van der Waals surface area contributed by atoms with Gasteiger partial charge in [-0.2, -0.15) is 5.10 Å². The minimum atomic E-state index is 0.130. The predicted molar refractivity (Wildman–Crippen MR) is 81.3 cm³/mol. The van der Waals surface area contributed by atoms with E-state index < -0.39 is 0 Å². The van der Waals surface area contributed by atoms with Crippen LogP contribution < -0.4 is 10.1 Å². The summed E-state index contributed by atoms with van der Waals surface area (Å²) >= 11 is 0. The molecule has 2 aromatic rings. The highest BCUT2D eigenvalue weighted by Crippen LogP contribution is 2.30. The zero-order valence-corrected chi connectivity index (χ0v) is 13.1. The number of benzene rings is 1. The third-order valence-electron chi connectivity index (χ3n) is 3.72. The Kier molecular flexibility index (Phi) is 4.14. The van der Waals surface area contributed by atoms with Crippen molar-refractivity contribution < 1.29 is 4.74 Å². The number of hydrogen-bond acceptors (Lipinski definition) is 3. The standard InChI is InChI=1S/C16H23N3O/c1-10-8-15(20-6)11(2)7-13(10)16(17-4)14-9-12(3)18-19(14)5/h7-9,16-17H,1-6H3. The summed E-state index contributed by atoms with van der Waals surface area (Å²) in [6, 6.07) is 6.54. The van der Waals surface area contributed by atoms with E-state index in [1.54, 1.807) is 7.11 Å².